The third-order valence-electron chi connectivity index (χ3n) is 3.12. The lowest BCUT2D eigenvalue weighted by atomic mass is 10.2. The molecule has 22 heavy (non-hydrogen) atoms. The summed E-state index contributed by atoms with van der Waals surface area (Å²) in [5.41, 5.74) is 1.21. The summed E-state index contributed by atoms with van der Waals surface area (Å²) in [5.74, 6) is 0.909. The Morgan fingerprint density at radius 2 is 1.86 bits per heavy atom. The highest BCUT2D eigenvalue weighted by Gasteiger charge is 2.08. The summed E-state index contributed by atoms with van der Waals surface area (Å²) in [6, 6.07) is 8.23. The lowest BCUT2D eigenvalue weighted by molar-refractivity contribution is -0.128. The first-order valence-corrected chi connectivity index (χ1v) is 8.17. The normalized spacial score (nSPS) is 11.2. The lowest BCUT2D eigenvalue weighted by Gasteiger charge is -2.22. The zero-order chi connectivity index (χ0) is 16.5. The van der Waals surface area contributed by atoms with E-state index < -0.39 is 0 Å². The fraction of sp³-hybridized carbons (Fsp3) is 0.500. The molecule has 0 bridgehead atoms. The van der Waals surface area contributed by atoms with E-state index in [9.17, 15) is 4.79 Å². The zero-order valence-corrected chi connectivity index (χ0v) is 15.4. The van der Waals surface area contributed by atoms with Crippen LogP contribution >= 0.6 is 15.9 Å². The summed E-state index contributed by atoms with van der Waals surface area (Å²) >= 11 is 3.44. The Labute approximate surface area is 141 Å². The van der Waals surface area contributed by atoms with Crippen LogP contribution in [-0.2, 0) is 11.3 Å². The highest BCUT2D eigenvalue weighted by Crippen LogP contribution is 2.11. The number of carbonyl (C=O) groups is 1. The second-order valence-corrected chi connectivity index (χ2v) is 6.17. The van der Waals surface area contributed by atoms with Gasteiger partial charge in [-0.05, 0) is 24.6 Å². The number of hydrogen-bond acceptors (Lipinski definition) is 2. The molecule has 0 aromatic heterocycles. The molecule has 0 saturated carbocycles. The molecule has 122 valence electrons. The third kappa shape index (κ3) is 6.47. The van der Waals surface area contributed by atoms with Gasteiger partial charge in [-0.1, -0.05) is 28.1 Å². The molecule has 5 nitrogen and oxygen atoms in total. The van der Waals surface area contributed by atoms with Gasteiger partial charge in [0.1, 0.15) is 0 Å². The van der Waals surface area contributed by atoms with E-state index in [1.165, 1.54) is 5.56 Å². The van der Waals surface area contributed by atoms with Crippen molar-refractivity contribution in [3.63, 3.8) is 0 Å². The summed E-state index contributed by atoms with van der Waals surface area (Å²) in [4.78, 5) is 19.8. The SMILES string of the molecule is CCNC(=NCCC(=O)N(C)C)N(C)Cc1ccc(Br)cc1. The minimum Gasteiger partial charge on any atom is -0.357 e. The van der Waals surface area contributed by atoms with Crippen molar-refractivity contribution in [2.45, 2.75) is 19.9 Å². The van der Waals surface area contributed by atoms with E-state index in [1.54, 1.807) is 19.0 Å². The number of halogens is 1. The van der Waals surface area contributed by atoms with E-state index in [1.807, 2.05) is 26.1 Å². The van der Waals surface area contributed by atoms with Crippen LogP contribution in [0.2, 0.25) is 0 Å². The maximum Gasteiger partial charge on any atom is 0.223 e. The van der Waals surface area contributed by atoms with Crippen molar-refractivity contribution in [2.24, 2.45) is 4.99 Å². The quantitative estimate of drug-likeness (QED) is 0.619. The highest BCUT2D eigenvalue weighted by atomic mass is 79.9. The van der Waals surface area contributed by atoms with Gasteiger partial charge in [-0.25, -0.2) is 0 Å². The van der Waals surface area contributed by atoms with Crippen LogP contribution < -0.4 is 5.32 Å². The first-order chi connectivity index (χ1) is 10.4. The smallest absolute Gasteiger partial charge is 0.223 e. The van der Waals surface area contributed by atoms with Crippen LogP contribution in [0.5, 0.6) is 0 Å². The average molecular weight is 369 g/mol. The van der Waals surface area contributed by atoms with Crippen molar-refractivity contribution in [2.75, 3.05) is 34.2 Å². The largest absolute Gasteiger partial charge is 0.357 e. The fourth-order valence-corrected chi connectivity index (χ4v) is 2.15. The van der Waals surface area contributed by atoms with Crippen LogP contribution in [-0.4, -0.2) is 55.9 Å². The number of benzene rings is 1. The molecule has 1 N–H and O–H groups in total. The van der Waals surface area contributed by atoms with Gasteiger partial charge in [0.2, 0.25) is 5.91 Å². The molecule has 0 saturated heterocycles. The minimum atomic E-state index is 0.0927. The van der Waals surface area contributed by atoms with E-state index >= 15 is 0 Å². The fourth-order valence-electron chi connectivity index (χ4n) is 1.89. The van der Waals surface area contributed by atoms with Crippen LogP contribution in [0, 0.1) is 0 Å². The highest BCUT2D eigenvalue weighted by molar-refractivity contribution is 9.10. The van der Waals surface area contributed by atoms with Crippen molar-refractivity contribution < 1.29 is 4.79 Å². The Morgan fingerprint density at radius 1 is 1.23 bits per heavy atom. The number of nitrogens with zero attached hydrogens (tertiary/aromatic N) is 3. The summed E-state index contributed by atoms with van der Waals surface area (Å²) < 4.78 is 1.07. The van der Waals surface area contributed by atoms with Crippen LogP contribution in [0.15, 0.2) is 33.7 Å². The molecule has 1 aromatic rings. The van der Waals surface area contributed by atoms with Gasteiger partial charge >= 0.3 is 0 Å². The number of aliphatic imine (C=N–C) groups is 1. The number of guanidine groups is 1. The Kier molecular flexibility index (Phi) is 7.95. The van der Waals surface area contributed by atoms with Gasteiger partial charge in [0.25, 0.3) is 0 Å². The summed E-state index contributed by atoms with van der Waals surface area (Å²) in [7, 11) is 5.52. The van der Waals surface area contributed by atoms with Gasteiger partial charge in [0.15, 0.2) is 5.96 Å². The molecule has 0 atom stereocenters. The number of hydrogen-bond donors (Lipinski definition) is 1. The van der Waals surface area contributed by atoms with Crippen LogP contribution in [0.4, 0.5) is 0 Å². The zero-order valence-electron chi connectivity index (χ0n) is 13.8. The molecule has 1 amide bonds. The first kappa shape index (κ1) is 18.5. The van der Waals surface area contributed by atoms with Gasteiger partial charge in [-0.3, -0.25) is 9.79 Å². The third-order valence-corrected chi connectivity index (χ3v) is 3.64. The second-order valence-electron chi connectivity index (χ2n) is 5.26. The Hall–Kier alpha value is -1.56. The van der Waals surface area contributed by atoms with Gasteiger partial charge in [-0.15, -0.1) is 0 Å². The predicted octanol–water partition coefficient (Wildman–Crippen LogP) is 2.32. The van der Waals surface area contributed by atoms with Gasteiger partial charge < -0.3 is 15.1 Å². The van der Waals surface area contributed by atoms with Gasteiger partial charge in [-0.2, -0.15) is 0 Å². The van der Waals surface area contributed by atoms with E-state index in [-0.39, 0.29) is 5.91 Å². The molecule has 1 aromatic carbocycles. The summed E-state index contributed by atoms with van der Waals surface area (Å²) in [5, 5.41) is 3.26. The lowest BCUT2D eigenvalue weighted by Crippen LogP contribution is -2.38. The molecular formula is C16H25BrN4O. The molecule has 0 aliphatic rings. The van der Waals surface area contributed by atoms with Gasteiger partial charge in [0, 0.05) is 45.1 Å². The van der Waals surface area contributed by atoms with Crippen molar-refractivity contribution in [3.05, 3.63) is 34.3 Å². The monoisotopic (exact) mass is 368 g/mol. The van der Waals surface area contributed by atoms with Crippen LogP contribution in [0.1, 0.15) is 18.9 Å². The number of nitrogens with one attached hydrogen (secondary N) is 1. The minimum absolute atomic E-state index is 0.0927. The molecule has 0 aliphatic heterocycles. The Morgan fingerprint density at radius 3 is 2.41 bits per heavy atom. The van der Waals surface area contributed by atoms with Crippen molar-refractivity contribution in [1.82, 2.24) is 15.1 Å². The van der Waals surface area contributed by atoms with E-state index in [4.69, 9.17) is 0 Å². The molecule has 0 aliphatic carbocycles. The van der Waals surface area contributed by atoms with Crippen molar-refractivity contribution in [1.29, 1.82) is 0 Å². The molecule has 0 heterocycles. The molecule has 0 spiro atoms. The Balaban J connectivity index is 2.63. The first-order valence-electron chi connectivity index (χ1n) is 7.38. The van der Waals surface area contributed by atoms with Gasteiger partial charge in [0.05, 0.1) is 6.54 Å². The van der Waals surface area contributed by atoms with E-state index in [0.29, 0.717) is 13.0 Å². The summed E-state index contributed by atoms with van der Waals surface area (Å²) in [6.45, 7) is 4.09. The topological polar surface area (TPSA) is 47.9 Å². The molecular weight excluding hydrogens is 344 g/mol. The number of carbonyl (C=O) groups excluding carboxylic acids is 1. The summed E-state index contributed by atoms with van der Waals surface area (Å²) in [6.07, 6.45) is 0.425. The average Bonchev–Trinajstić information content (AvgIpc) is 2.48. The molecule has 0 unspecified atom stereocenters. The van der Waals surface area contributed by atoms with E-state index in [2.05, 4.69) is 43.3 Å². The van der Waals surface area contributed by atoms with Crippen molar-refractivity contribution in [3.8, 4) is 0 Å². The number of rotatable bonds is 6. The molecule has 0 fully saturated rings. The predicted molar refractivity (Wildman–Crippen MR) is 94.9 cm³/mol. The Bertz CT molecular complexity index is 499. The van der Waals surface area contributed by atoms with E-state index in [0.717, 1.165) is 23.5 Å². The maximum absolute atomic E-state index is 11.6. The standard InChI is InChI=1S/C16H25BrN4O/c1-5-18-16(19-11-10-15(22)20(2)3)21(4)12-13-6-8-14(17)9-7-13/h6-9H,5,10-12H2,1-4H3,(H,18,19). The van der Waals surface area contributed by atoms with Crippen LogP contribution in [0.25, 0.3) is 0 Å². The molecule has 1 rings (SSSR count). The number of amides is 1. The molecule has 0 radical (unpaired) electrons. The second kappa shape index (κ2) is 9.46. The maximum atomic E-state index is 11.6. The molecule has 6 heteroatoms. The van der Waals surface area contributed by atoms with Crippen molar-refractivity contribution >= 4 is 27.8 Å². The van der Waals surface area contributed by atoms with Crippen LogP contribution in [0.3, 0.4) is 0 Å².